The molecule has 0 radical (unpaired) electrons. The number of hydrogen-bond donors (Lipinski definition) is 3. The summed E-state index contributed by atoms with van der Waals surface area (Å²) in [5.74, 6) is -0.271. The fourth-order valence-electron chi connectivity index (χ4n) is 0.835. The van der Waals surface area contributed by atoms with Crippen molar-refractivity contribution < 1.29 is 10.2 Å². The Balaban J connectivity index is 2.55. The van der Waals surface area contributed by atoms with Gasteiger partial charge in [-0.3, -0.25) is 0 Å². The molecule has 2 heterocycles. The lowest BCUT2D eigenvalue weighted by Gasteiger charge is -1.90. The average Bonchev–Trinajstić information content (AvgIpc) is 2.64. The first kappa shape index (κ1) is 7.11. The third-order valence-corrected chi connectivity index (χ3v) is 2.37. The molecule has 2 rings (SSSR count). The van der Waals surface area contributed by atoms with E-state index in [0.717, 1.165) is 0 Å². The van der Waals surface area contributed by atoms with E-state index in [2.05, 4.69) is 15.4 Å². The first-order chi connectivity index (χ1) is 5.79. The van der Waals surface area contributed by atoms with Crippen molar-refractivity contribution in [2.24, 2.45) is 0 Å². The lowest BCUT2D eigenvalue weighted by atomic mass is 10.3. The zero-order valence-corrected chi connectivity index (χ0v) is 6.67. The number of nitrogens with one attached hydrogen (secondary N) is 1. The van der Waals surface area contributed by atoms with Crippen LogP contribution in [0, 0.1) is 0 Å². The molecular weight excluding hydrogens is 178 g/mol. The number of thiophene rings is 1. The van der Waals surface area contributed by atoms with Gasteiger partial charge in [-0.2, -0.15) is 15.4 Å². The van der Waals surface area contributed by atoms with Crippen LogP contribution in [-0.4, -0.2) is 25.6 Å². The van der Waals surface area contributed by atoms with Crippen LogP contribution in [-0.2, 0) is 0 Å². The van der Waals surface area contributed by atoms with Crippen molar-refractivity contribution >= 4 is 11.3 Å². The summed E-state index contributed by atoms with van der Waals surface area (Å²) in [5.41, 5.74) is 0.526. The van der Waals surface area contributed by atoms with Crippen molar-refractivity contribution in [2.45, 2.75) is 0 Å². The highest BCUT2D eigenvalue weighted by Gasteiger charge is 2.12. The molecule has 0 spiro atoms. The van der Waals surface area contributed by atoms with Gasteiger partial charge in [-0.25, -0.2) is 0 Å². The summed E-state index contributed by atoms with van der Waals surface area (Å²) < 4.78 is 0. The number of H-pyrrole nitrogens is 1. The van der Waals surface area contributed by atoms with Gasteiger partial charge in [0.05, 0.1) is 6.20 Å². The lowest BCUT2D eigenvalue weighted by molar-refractivity contribution is 0.409. The highest BCUT2D eigenvalue weighted by atomic mass is 32.1. The summed E-state index contributed by atoms with van der Waals surface area (Å²) in [6, 6.07) is 0. The summed E-state index contributed by atoms with van der Waals surface area (Å²) in [7, 11) is 0. The van der Waals surface area contributed by atoms with Gasteiger partial charge in [-0.15, -0.1) is 11.3 Å². The van der Waals surface area contributed by atoms with Gasteiger partial charge in [0.1, 0.15) is 10.6 Å². The Hall–Kier alpha value is -1.56. The zero-order chi connectivity index (χ0) is 8.55. The standard InChI is InChI=1S/C6H5N3O2S/c10-4-2-12-6(5(4)11)3-1-7-9-8-3/h1-2,10-11H,(H,7,8,9). The van der Waals surface area contributed by atoms with Gasteiger partial charge in [-0.05, 0) is 0 Å². The van der Waals surface area contributed by atoms with Crippen molar-refractivity contribution in [3.63, 3.8) is 0 Å². The van der Waals surface area contributed by atoms with Crippen molar-refractivity contribution in [3.05, 3.63) is 11.6 Å². The third kappa shape index (κ3) is 0.928. The average molecular weight is 183 g/mol. The SMILES string of the molecule is Oc1csc(-c2cn[nH]n2)c1O. The minimum Gasteiger partial charge on any atom is -0.504 e. The van der Waals surface area contributed by atoms with Crippen LogP contribution in [0.5, 0.6) is 11.5 Å². The first-order valence-electron chi connectivity index (χ1n) is 3.14. The molecule has 0 aliphatic heterocycles. The number of aromatic hydroxyl groups is 2. The number of aromatic nitrogens is 3. The van der Waals surface area contributed by atoms with Crippen LogP contribution in [0.25, 0.3) is 10.6 Å². The lowest BCUT2D eigenvalue weighted by Crippen LogP contribution is -1.72. The molecule has 0 aliphatic rings. The molecule has 0 amide bonds. The van der Waals surface area contributed by atoms with Crippen molar-refractivity contribution in [1.29, 1.82) is 0 Å². The molecule has 0 fully saturated rings. The molecular formula is C6H5N3O2S. The minimum absolute atomic E-state index is 0.127. The highest BCUT2D eigenvalue weighted by Crippen LogP contribution is 2.40. The maximum atomic E-state index is 9.29. The second-order valence-corrected chi connectivity index (χ2v) is 3.03. The largest absolute Gasteiger partial charge is 0.504 e. The third-order valence-electron chi connectivity index (χ3n) is 1.39. The van der Waals surface area contributed by atoms with E-state index in [9.17, 15) is 5.11 Å². The van der Waals surface area contributed by atoms with E-state index in [0.29, 0.717) is 10.6 Å². The predicted octanol–water partition coefficient (Wildman–Crippen LogP) is 0.944. The van der Waals surface area contributed by atoms with Gasteiger partial charge >= 0.3 is 0 Å². The molecule has 5 nitrogen and oxygen atoms in total. The van der Waals surface area contributed by atoms with E-state index in [1.54, 1.807) is 0 Å². The Bertz CT molecular complexity index is 381. The molecule has 3 N–H and O–H groups in total. The van der Waals surface area contributed by atoms with Crippen molar-refractivity contribution in [2.75, 3.05) is 0 Å². The second-order valence-electron chi connectivity index (χ2n) is 2.15. The van der Waals surface area contributed by atoms with Crippen LogP contribution < -0.4 is 0 Å². The van der Waals surface area contributed by atoms with Crippen molar-refractivity contribution in [1.82, 2.24) is 15.4 Å². The van der Waals surface area contributed by atoms with Crippen LogP contribution in [0.2, 0.25) is 0 Å². The molecule has 0 saturated carbocycles. The maximum Gasteiger partial charge on any atom is 0.178 e. The molecule has 0 unspecified atom stereocenters. The van der Waals surface area contributed by atoms with E-state index in [4.69, 9.17) is 5.11 Å². The van der Waals surface area contributed by atoms with Crippen LogP contribution in [0.4, 0.5) is 0 Å². The van der Waals surface area contributed by atoms with E-state index >= 15 is 0 Å². The molecule has 6 heteroatoms. The summed E-state index contributed by atoms with van der Waals surface area (Å²) in [4.78, 5) is 0.515. The zero-order valence-electron chi connectivity index (χ0n) is 5.85. The molecule has 0 bridgehead atoms. The number of aromatic amines is 1. The van der Waals surface area contributed by atoms with E-state index < -0.39 is 0 Å². The van der Waals surface area contributed by atoms with Crippen LogP contribution in [0.1, 0.15) is 0 Å². The summed E-state index contributed by atoms with van der Waals surface area (Å²) in [6.45, 7) is 0. The van der Waals surface area contributed by atoms with Gasteiger partial charge < -0.3 is 10.2 Å². The van der Waals surface area contributed by atoms with E-state index in [1.165, 1.54) is 22.9 Å². The second kappa shape index (κ2) is 2.49. The summed E-state index contributed by atoms with van der Waals surface area (Å²) in [5, 5.41) is 29.5. The molecule has 12 heavy (non-hydrogen) atoms. The maximum absolute atomic E-state index is 9.29. The molecule has 0 aliphatic carbocycles. The quantitative estimate of drug-likeness (QED) is 0.614. The first-order valence-corrected chi connectivity index (χ1v) is 4.02. The molecule has 2 aromatic rings. The molecule has 0 aromatic carbocycles. The Kier molecular flexibility index (Phi) is 1.47. The monoisotopic (exact) mass is 183 g/mol. The molecule has 0 saturated heterocycles. The molecule has 62 valence electrons. The number of hydrogen-bond acceptors (Lipinski definition) is 5. The van der Waals surface area contributed by atoms with Crippen LogP contribution in [0.15, 0.2) is 11.6 Å². The predicted molar refractivity (Wildman–Crippen MR) is 43.0 cm³/mol. The fourth-order valence-corrected chi connectivity index (χ4v) is 1.61. The topological polar surface area (TPSA) is 82.0 Å². The van der Waals surface area contributed by atoms with Crippen LogP contribution >= 0.6 is 11.3 Å². The van der Waals surface area contributed by atoms with Gasteiger partial charge in [0, 0.05) is 5.38 Å². The number of rotatable bonds is 1. The summed E-state index contributed by atoms with van der Waals surface area (Å²) in [6.07, 6.45) is 1.48. The fraction of sp³-hybridized carbons (Fsp3) is 0. The number of nitrogens with zero attached hydrogens (tertiary/aromatic N) is 2. The molecule has 2 aromatic heterocycles. The van der Waals surface area contributed by atoms with Gasteiger partial charge in [0.15, 0.2) is 11.5 Å². The van der Waals surface area contributed by atoms with Gasteiger partial charge in [-0.1, -0.05) is 0 Å². The van der Waals surface area contributed by atoms with E-state index in [1.807, 2.05) is 0 Å². The van der Waals surface area contributed by atoms with Crippen molar-refractivity contribution in [3.8, 4) is 22.1 Å². The summed E-state index contributed by atoms with van der Waals surface area (Å²) >= 11 is 1.21. The Morgan fingerprint density at radius 1 is 1.42 bits per heavy atom. The van der Waals surface area contributed by atoms with Gasteiger partial charge in [0.2, 0.25) is 0 Å². The Labute approximate surface area is 71.3 Å². The Morgan fingerprint density at radius 2 is 2.25 bits per heavy atom. The van der Waals surface area contributed by atoms with Crippen LogP contribution in [0.3, 0.4) is 0 Å². The van der Waals surface area contributed by atoms with Gasteiger partial charge in [0.25, 0.3) is 0 Å². The minimum atomic E-state index is -0.145. The smallest absolute Gasteiger partial charge is 0.178 e. The molecule has 0 atom stereocenters. The Morgan fingerprint density at radius 3 is 2.75 bits per heavy atom. The normalized spacial score (nSPS) is 10.3. The van der Waals surface area contributed by atoms with E-state index in [-0.39, 0.29) is 11.5 Å². The highest BCUT2D eigenvalue weighted by molar-refractivity contribution is 7.14.